The molecule has 0 heterocycles. The second-order valence-corrected chi connectivity index (χ2v) is 5.58. The summed E-state index contributed by atoms with van der Waals surface area (Å²) >= 11 is 0. The number of carbonyl (C=O) groups excluding carboxylic acids is 2. The van der Waals surface area contributed by atoms with Crippen molar-refractivity contribution < 1.29 is 19.4 Å². The standard InChI is InChI=1S/C15H18O4/c1-15(2,8-16)14(18)11-7-10(11)9-4-5-12(17)13(6-9)19-3/h4-6,8,10-11,17H,7H2,1-3H3. The lowest BCUT2D eigenvalue weighted by molar-refractivity contribution is -0.133. The van der Waals surface area contributed by atoms with E-state index < -0.39 is 5.41 Å². The van der Waals surface area contributed by atoms with E-state index in [1.807, 2.05) is 0 Å². The third-order valence-electron chi connectivity index (χ3n) is 3.69. The number of aromatic hydroxyl groups is 1. The number of carbonyl (C=O) groups is 2. The van der Waals surface area contributed by atoms with E-state index in [1.165, 1.54) is 7.11 Å². The molecular formula is C15H18O4. The third kappa shape index (κ3) is 2.48. The van der Waals surface area contributed by atoms with Gasteiger partial charge in [-0.1, -0.05) is 6.07 Å². The summed E-state index contributed by atoms with van der Waals surface area (Å²) in [6, 6.07) is 5.11. The van der Waals surface area contributed by atoms with Crippen LogP contribution in [-0.2, 0) is 9.59 Å². The van der Waals surface area contributed by atoms with Crippen LogP contribution in [0.5, 0.6) is 11.5 Å². The maximum Gasteiger partial charge on any atom is 0.160 e. The zero-order valence-corrected chi connectivity index (χ0v) is 11.3. The fourth-order valence-corrected chi connectivity index (χ4v) is 2.31. The molecule has 2 atom stereocenters. The summed E-state index contributed by atoms with van der Waals surface area (Å²) < 4.78 is 5.06. The molecule has 19 heavy (non-hydrogen) atoms. The Bertz CT molecular complexity index is 519. The molecule has 1 saturated carbocycles. The molecule has 0 bridgehead atoms. The van der Waals surface area contributed by atoms with E-state index in [1.54, 1.807) is 32.0 Å². The lowest BCUT2D eigenvalue weighted by Gasteiger charge is -2.15. The maximum atomic E-state index is 12.2. The van der Waals surface area contributed by atoms with E-state index in [2.05, 4.69) is 0 Å². The minimum absolute atomic E-state index is 0.0143. The molecule has 0 saturated heterocycles. The molecule has 102 valence electrons. The van der Waals surface area contributed by atoms with Gasteiger partial charge in [0.15, 0.2) is 11.5 Å². The van der Waals surface area contributed by atoms with Crippen LogP contribution >= 0.6 is 0 Å². The van der Waals surface area contributed by atoms with Gasteiger partial charge in [-0.15, -0.1) is 0 Å². The maximum absolute atomic E-state index is 12.2. The molecule has 1 N–H and O–H groups in total. The van der Waals surface area contributed by atoms with Crippen LogP contribution in [0.3, 0.4) is 0 Å². The fourth-order valence-electron chi connectivity index (χ4n) is 2.31. The van der Waals surface area contributed by atoms with Gasteiger partial charge in [0.2, 0.25) is 0 Å². The van der Waals surface area contributed by atoms with Crippen LogP contribution in [0, 0.1) is 11.3 Å². The average molecular weight is 262 g/mol. The van der Waals surface area contributed by atoms with Crippen molar-refractivity contribution in [2.75, 3.05) is 7.11 Å². The zero-order valence-electron chi connectivity index (χ0n) is 11.3. The number of ether oxygens (including phenoxy) is 1. The van der Waals surface area contributed by atoms with E-state index in [0.717, 1.165) is 12.0 Å². The first-order valence-corrected chi connectivity index (χ1v) is 6.28. The number of ketones is 1. The van der Waals surface area contributed by atoms with Crippen molar-refractivity contribution in [3.8, 4) is 11.5 Å². The van der Waals surface area contributed by atoms with Crippen LogP contribution in [0.25, 0.3) is 0 Å². The number of rotatable bonds is 5. The predicted octanol–water partition coefficient (Wildman–Crippen LogP) is 2.30. The molecule has 1 aromatic rings. The Labute approximate surface area is 112 Å². The summed E-state index contributed by atoms with van der Waals surface area (Å²) in [6.07, 6.45) is 1.46. The predicted molar refractivity (Wildman–Crippen MR) is 70.4 cm³/mol. The molecule has 0 aliphatic heterocycles. The van der Waals surface area contributed by atoms with Crippen molar-refractivity contribution >= 4 is 12.1 Å². The summed E-state index contributed by atoms with van der Waals surface area (Å²) in [5.74, 6) is 0.503. The number of hydrogen-bond acceptors (Lipinski definition) is 4. The third-order valence-corrected chi connectivity index (χ3v) is 3.69. The SMILES string of the molecule is COc1cc(C2CC2C(=O)C(C)(C)C=O)ccc1O. The monoisotopic (exact) mass is 262 g/mol. The van der Waals surface area contributed by atoms with Crippen LogP contribution in [0.15, 0.2) is 18.2 Å². The zero-order chi connectivity index (χ0) is 14.2. The van der Waals surface area contributed by atoms with Gasteiger partial charge in [0.25, 0.3) is 0 Å². The van der Waals surface area contributed by atoms with Crippen molar-refractivity contribution in [1.29, 1.82) is 0 Å². The van der Waals surface area contributed by atoms with Crippen molar-refractivity contribution in [3.05, 3.63) is 23.8 Å². The molecule has 4 nitrogen and oxygen atoms in total. The van der Waals surface area contributed by atoms with Gasteiger partial charge < -0.3 is 14.6 Å². The summed E-state index contributed by atoms with van der Waals surface area (Å²) in [5, 5.41) is 9.54. The lowest BCUT2D eigenvalue weighted by Crippen LogP contribution is -2.27. The van der Waals surface area contributed by atoms with Crippen LogP contribution in [0.2, 0.25) is 0 Å². The van der Waals surface area contributed by atoms with Crippen molar-refractivity contribution in [2.24, 2.45) is 11.3 Å². The Balaban J connectivity index is 2.15. The largest absolute Gasteiger partial charge is 0.504 e. The molecule has 1 aliphatic rings. The van der Waals surface area contributed by atoms with Crippen LogP contribution in [0.1, 0.15) is 31.7 Å². The van der Waals surface area contributed by atoms with Crippen molar-refractivity contribution in [2.45, 2.75) is 26.2 Å². The fraction of sp³-hybridized carbons (Fsp3) is 0.467. The molecule has 1 fully saturated rings. The molecule has 2 unspecified atom stereocenters. The minimum Gasteiger partial charge on any atom is -0.504 e. The van der Waals surface area contributed by atoms with E-state index in [0.29, 0.717) is 12.0 Å². The average Bonchev–Trinajstić information content (AvgIpc) is 3.18. The highest BCUT2D eigenvalue weighted by Crippen LogP contribution is 2.51. The Morgan fingerprint density at radius 2 is 2.16 bits per heavy atom. The minimum atomic E-state index is -0.916. The molecule has 4 heteroatoms. The highest BCUT2D eigenvalue weighted by atomic mass is 16.5. The van der Waals surface area contributed by atoms with E-state index in [9.17, 15) is 14.7 Å². The quantitative estimate of drug-likeness (QED) is 0.653. The molecule has 0 radical (unpaired) electrons. The Morgan fingerprint density at radius 1 is 1.47 bits per heavy atom. The second-order valence-electron chi connectivity index (χ2n) is 5.58. The summed E-state index contributed by atoms with van der Waals surface area (Å²) in [6.45, 7) is 3.30. The normalized spacial score (nSPS) is 21.8. The lowest BCUT2D eigenvalue weighted by atomic mass is 9.86. The van der Waals surface area contributed by atoms with Gasteiger partial charge in [0.1, 0.15) is 12.1 Å². The Morgan fingerprint density at radius 3 is 2.74 bits per heavy atom. The van der Waals surface area contributed by atoms with Gasteiger partial charge in [-0.25, -0.2) is 0 Å². The van der Waals surface area contributed by atoms with Crippen LogP contribution in [0.4, 0.5) is 0 Å². The number of aldehydes is 1. The van der Waals surface area contributed by atoms with Gasteiger partial charge in [-0.2, -0.15) is 0 Å². The first-order chi connectivity index (χ1) is 8.90. The molecule has 0 spiro atoms. The summed E-state index contributed by atoms with van der Waals surface area (Å²) in [4.78, 5) is 23.1. The first kappa shape index (κ1) is 13.6. The van der Waals surface area contributed by atoms with Crippen LogP contribution in [-0.4, -0.2) is 24.3 Å². The smallest absolute Gasteiger partial charge is 0.160 e. The molecule has 2 rings (SSSR count). The molecule has 0 amide bonds. The van der Waals surface area contributed by atoms with Crippen molar-refractivity contribution in [3.63, 3.8) is 0 Å². The Kier molecular flexibility index (Phi) is 3.35. The van der Waals surface area contributed by atoms with E-state index in [4.69, 9.17) is 4.74 Å². The summed E-state index contributed by atoms with van der Waals surface area (Å²) in [7, 11) is 1.49. The highest BCUT2D eigenvalue weighted by molar-refractivity contribution is 6.00. The highest BCUT2D eigenvalue weighted by Gasteiger charge is 2.48. The van der Waals surface area contributed by atoms with Crippen molar-refractivity contribution in [1.82, 2.24) is 0 Å². The first-order valence-electron chi connectivity index (χ1n) is 6.28. The second kappa shape index (κ2) is 4.68. The number of phenolic OH excluding ortho intramolecular Hbond substituents is 1. The van der Waals surface area contributed by atoms with E-state index in [-0.39, 0.29) is 23.4 Å². The van der Waals surface area contributed by atoms with Gasteiger partial charge >= 0.3 is 0 Å². The molecule has 1 aromatic carbocycles. The molecule has 0 aromatic heterocycles. The number of methoxy groups -OCH3 is 1. The number of Topliss-reactive ketones (excluding diaryl/α,β-unsaturated/α-hetero) is 1. The van der Waals surface area contributed by atoms with E-state index >= 15 is 0 Å². The number of benzene rings is 1. The van der Waals surface area contributed by atoms with Gasteiger partial charge in [-0.3, -0.25) is 4.79 Å². The molecule has 1 aliphatic carbocycles. The van der Waals surface area contributed by atoms with Gasteiger partial charge in [0, 0.05) is 5.92 Å². The number of hydrogen-bond donors (Lipinski definition) is 1. The summed E-state index contributed by atoms with van der Waals surface area (Å²) in [5.41, 5.74) is 0.0511. The van der Waals surface area contributed by atoms with Gasteiger partial charge in [-0.05, 0) is 43.9 Å². The Hall–Kier alpha value is -1.84. The topological polar surface area (TPSA) is 63.6 Å². The van der Waals surface area contributed by atoms with Crippen LogP contribution < -0.4 is 4.74 Å². The molecular weight excluding hydrogens is 244 g/mol. The van der Waals surface area contributed by atoms with Gasteiger partial charge in [0.05, 0.1) is 12.5 Å². The number of phenols is 1.